The monoisotopic (exact) mass is 341 g/mol. The number of hydrogen-bond acceptors (Lipinski definition) is 6. The van der Waals surface area contributed by atoms with Crippen LogP contribution in [0.25, 0.3) is 6.08 Å². The van der Waals surface area contributed by atoms with Crippen molar-refractivity contribution in [2.24, 2.45) is 0 Å². The number of nitrogens with zero attached hydrogens (tertiary/aromatic N) is 3. The van der Waals surface area contributed by atoms with Crippen LogP contribution in [0.4, 0.5) is 0 Å². The van der Waals surface area contributed by atoms with E-state index in [1.807, 2.05) is 30.0 Å². The summed E-state index contributed by atoms with van der Waals surface area (Å²) in [5.74, 6) is 3.04. The van der Waals surface area contributed by atoms with Gasteiger partial charge in [0.25, 0.3) is 0 Å². The zero-order valence-electron chi connectivity index (χ0n) is 14.0. The van der Waals surface area contributed by atoms with Crippen molar-refractivity contribution in [1.29, 1.82) is 0 Å². The van der Waals surface area contributed by atoms with Crippen LogP contribution in [0.2, 0.25) is 0 Å². The van der Waals surface area contributed by atoms with Crippen molar-refractivity contribution >= 4 is 12.0 Å². The Morgan fingerprint density at radius 3 is 2.80 bits per heavy atom. The number of piperidine rings is 1. The van der Waals surface area contributed by atoms with Gasteiger partial charge in [0.1, 0.15) is 0 Å². The molecular weight excluding hydrogens is 322 g/mol. The number of ether oxygens (including phenoxy) is 2. The highest BCUT2D eigenvalue weighted by atomic mass is 16.7. The number of rotatable bonds is 3. The first-order valence-electron chi connectivity index (χ1n) is 8.36. The summed E-state index contributed by atoms with van der Waals surface area (Å²) in [6, 6.07) is 5.63. The molecule has 2 aromatic rings. The number of aryl methyl sites for hydroxylation is 1. The van der Waals surface area contributed by atoms with Crippen LogP contribution in [-0.4, -0.2) is 40.8 Å². The largest absolute Gasteiger partial charge is 0.454 e. The molecule has 0 radical (unpaired) electrons. The molecule has 2 aliphatic rings. The zero-order valence-corrected chi connectivity index (χ0v) is 14.0. The summed E-state index contributed by atoms with van der Waals surface area (Å²) >= 11 is 0. The first-order valence-corrected chi connectivity index (χ1v) is 8.36. The number of carbonyl (C=O) groups is 1. The molecule has 1 amide bonds. The molecule has 0 atom stereocenters. The van der Waals surface area contributed by atoms with Gasteiger partial charge in [0, 0.05) is 25.1 Å². The highest BCUT2D eigenvalue weighted by Gasteiger charge is 2.26. The Kier molecular flexibility index (Phi) is 4.13. The van der Waals surface area contributed by atoms with Gasteiger partial charge in [-0.15, -0.1) is 0 Å². The van der Waals surface area contributed by atoms with Crippen LogP contribution >= 0.6 is 0 Å². The number of fused-ring (bicyclic) bond motifs is 1. The summed E-state index contributed by atoms with van der Waals surface area (Å²) in [7, 11) is 0. The number of amides is 1. The highest BCUT2D eigenvalue weighted by molar-refractivity contribution is 5.92. The van der Waals surface area contributed by atoms with Crippen LogP contribution < -0.4 is 9.47 Å². The molecule has 1 saturated heterocycles. The quantitative estimate of drug-likeness (QED) is 0.799. The zero-order chi connectivity index (χ0) is 17.2. The Morgan fingerprint density at radius 2 is 2.04 bits per heavy atom. The van der Waals surface area contributed by atoms with Crippen molar-refractivity contribution in [1.82, 2.24) is 15.0 Å². The Bertz CT molecular complexity index is 806. The Hall–Kier alpha value is -2.83. The summed E-state index contributed by atoms with van der Waals surface area (Å²) in [5, 5.41) is 3.84. The van der Waals surface area contributed by atoms with E-state index < -0.39 is 0 Å². The smallest absolute Gasteiger partial charge is 0.246 e. The van der Waals surface area contributed by atoms with Crippen LogP contribution in [0.3, 0.4) is 0 Å². The van der Waals surface area contributed by atoms with E-state index in [9.17, 15) is 4.79 Å². The predicted octanol–water partition coefficient (Wildman–Crippen LogP) is 2.53. The van der Waals surface area contributed by atoms with E-state index in [0.29, 0.717) is 30.6 Å². The summed E-state index contributed by atoms with van der Waals surface area (Å²) in [4.78, 5) is 18.5. The summed E-state index contributed by atoms with van der Waals surface area (Å²) in [6.45, 7) is 3.44. The average Bonchev–Trinajstić information content (AvgIpc) is 3.28. The van der Waals surface area contributed by atoms with E-state index in [-0.39, 0.29) is 18.6 Å². The van der Waals surface area contributed by atoms with Gasteiger partial charge >= 0.3 is 0 Å². The van der Waals surface area contributed by atoms with Crippen molar-refractivity contribution < 1.29 is 18.8 Å². The highest BCUT2D eigenvalue weighted by Crippen LogP contribution is 2.33. The molecule has 0 spiro atoms. The molecule has 0 aliphatic carbocycles. The van der Waals surface area contributed by atoms with E-state index >= 15 is 0 Å². The van der Waals surface area contributed by atoms with E-state index in [1.165, 1.54) is 0 Å². The maximum atomic E-state index is 12.4. The minimum Gasteiger partial charge on any atom is -0.454 e. The van der Waals surface area contributed by atoms with Gasteiger partial charge in [-0.1, -0.05) is 11.2 Å². The third-order valence-electron chi connectivity index (χ3n) is 4.51. The van der Waals surface area contributed by atoms with Gasteiger partial charge in [0.05, 0.1) is 0 Å². The second-order valence-electron chi connectivity index (χ2n) is 6.23. The number of benzene rings is 1. The van der Waals surface area contributed by atoms with Crippen molar-refractivity contribution in [3.63, 3.8) is 0 Å². The lowest BCUT2D eigenvalue weighted by Crippen LogP contribution is -2.36. The first-order chi connectivity index (χ1) is 12.2. The fourth-order valence-corrected chi connectivity index (χ4v) is 3.12. The molecule has 25 heavy (non-hydrogen) atoms. The molecule has 3 heterocycles. The molecule has 0 unspecified atom stereocenters. The van der Waals surface area contributed by atoms with Crippen molar-refractivity contribution in [2.75, 3.05) is 19.9 Å². The molecule has 0 N–H and O–H groups in total. The molecule has 7 heteroatoms. The summed E-state index contributed by atoms with van der Waals surface area (Å²) < 4.78 is 15.9. The van der Waals surface area contributed by atoms with E-state index in [4.69, 9.17) is 14.0 Å². The molecule has 1 aromatic heterocycles. The van der Waals surface area contributed by atoms with Gasteiger partial charge in [-0.2, -0.15) is 4.98 Å². The number of likely N-dealkylation sites (tertiary alicyclic amines) is 1. The lowest BCUT2D eigenvalue weighted by molar-refractivity contribution is -0.127. The second kappa shape index (κ2) is 6.58. The van der Waals surface area contributed by atoms with Crippen LogP contribution in [-0.2, 0) is 4.79 Å². The lowest BCUT2D eigenvalue weighted by Gasteiger charge is -2.29. The normalized spacial score (nSPS) is 17.4. The van der Waals surface area contributed by atoms with Crippen LogP contribution in [0.5, 0.6) is 11.5 Å². The van der Waals surface area contributed by atoms with Crippen LogP contribution in [0, 0.1) is 6.92 Å². The Labute approximate surface area is 145 Å². The average molecular weight is 341 g/mol. The van der Waals surface area contributed by atoms with Crippen LogP contribution in [0.15, 0.2) is 28.8 Å². The maximum Gasteiger partial charge on any atom is 0.246 e. The van der Waals surface area contributed by atoms with E-state index in [2.05, 4.69) is 10.1 Å². The minimum atomic E-state index is 0.0119. The maximum absolute atomic E-state index is 12.4. The molecule has 0 saturated carbocycles. The SMILES string of the molecule is Cc1noc(C2CCN(C(=O)/C=C/c3ccc4c(c3)OCO4)CC2)n1. The molecule has 2 aliphatic heterocycles. The summed E-state index contributed by atoms with van der Waals surface area (Å²) in [5.41, 5.74) is 0.911. The molecule has 0 bridgehead atoms. The molecule has 1 fully saturated rings. The topological polar surface area (TPSA) is 77.7 Å². The lowest BCUT2D eigenvalue weighted by atomic mass is 9.96. The predicted molar refractivity (Wildman–Crippen MR) is 89.2 cm³/mol. The minimum absolute atomic E-state index is 0.0119. The number of hydrogen-bond donors (Lipinski definition) is 0. The number of carbonyl (C=O) groups excluding carboxylic acids is 1. The molecule has 7 nitrogen and oxygen atoms in total. The molecule has 4 rings (SSSR count). The third kappa shape index (κ3) is 3.35. The fourth-order valence-electron chi connectivity index (χ4n) is 3.12. The fraction of sp³-hybridized carbons (Fsp3) is 0.389. The van der Waals surface area contributed by atoms with Crippen molar-refractivity contribution in [3.8, 4) is 11.5 Å². The van der Waals surface area contributed by atoms with Gasteiger partial charge in [-0.3, -0.25) is 4.79 Å². The molecule has 1 aromatic carbocycles. The van der Waals surface area contributed by atoms with Gasteiger partial charge in [0.2, 0.25) is 18.6 Å². The van der Waals surface area contributed by atoms with Gasteiger partial charge in [0.15, 0.2) is 17.3 Å². The van der Waals surface area contributed by atoms with Crippen molar-refractivity contribution in [2.45, 2.75) is 25.7 Å². The standard InChI is InChI=1S/C18H19N3O4/c1-12-19-18(25-20-12)14-6-8-21(9-7-14)17(22)5-3-13-2-4-15-16(10-13)24-11-23-15/h2-5,10,14H,6-9,11H2,1H3/b5-3+. The Morgan fingerprint density at radius 1 is 1.24 bits per heavy atom. The second-order valence-corrected chi connectivity index (χ2v) is 6.23. The van der Waals surface area contributed by atoms with Gasteiger partial charge in [-0.05, 0) is 43.5 Å². The third-order valence-corrected chi connectivity index (χ3v) is 4.51. The Balaban J connectivity index is 1.34. The molecule has 130 valence electrons. The first kappa shape index (κ1) is 15.7. The van der Waals surface area contributed by atoms with Crippen molar-refractivity contribution in [3.05, 3.63) is 41.6 Å². The van der Waals surface area contributed by atoms with Gasteiger partial charge in [-0.25, -0.2) is 0 Å². The van der Waals surface area contributed by atoms with E-state index in [1.54, 1.807) is 12.2 Å². The van der Waals surface area contributed by atoms with Crippen LogP contribution in [0.1, 0.15) is 36.0 Å². The van der Waals surface area contributed by atoms with Gasteiger partial charge < -0.3 is 18.9 Å². The number of aromatic nitrogens is 2. The summed E-state index contributed by atoms with van der Waals surface area (Å²) in [6.07, 6.45) is 5.09. The molecular formula is C18H19N3O4. The van der Waals surface area contributed by atoms with E-state index in [0.717, 1.165) is 24.2 Å².